The van der Waals surface area contributed by atoms with Crippen LogP contribution in [0.15, 0.2) is 0 Å². The maximum atomic E-state index is 11.2. The Balaban J connectivity index is 2.62. The highest BCUT2D eigenvalue weighted by atomic mass is 16.5. The first-order valence-electron chi connectivity index (χ1n) is 4.81. The number of nitrogens with two attached hydrogens (primary N) is 1. The van der Waals surface area contributed by atoms with E-state index in [1.165, 1.54) is 0 Å². The van der Waals surface area contributed by atoms with E-state index in [-0.39, 0.29) is 18.1 Å². The van der Waals surface area contributed by atoms with Crippen LogP contribution >= 0.6 is 0 Å². The maximum Gasteiger partial charge on any atom is 0.237 e. The average Bonchev–Trinajstić information content (AvgIpc) is 2.04. The molecule has 1 aliphatic rings. The number of carbonyl (C=O) groups excluding carboxylic acids is 1. The van der Waals surface area contributed by atoms with Gasteiger partial charge in [0.2, 0.25) is 5.91 Å². The van der Waals surface area contributed by atoms with Crippen molar-refractivity contribution in [3.05, 3.63) is 0 Å². The first-order valence-corrected chi connectivity index (χ1v) is 4.81. The summed E-state index contributed by atoms with van der Waals surface area (Å²) in [7, 11) is 0. The van der Waals surface area contributed by atoms with Crippen molar-refractivity contribution in [2.75, 3.05) is 19.7 Å². The van der Waals surface area contributed by atoms with Crippen LogP contribution in [0.1, 0.15) is 20.3 Å². The van der Waals surface area contributed by atoms with Gasteiger partial charge >= 0.3 is 0 Å². The zero-order valence-electron chi connectivity index (χ0n) is 8.32. The molecule has 2 N–H and O–H groups in total. The molecule has 1 fully saturated rings. The highest BCUT2D eigenvalue weighted by molar-refractivity contribution is 5.80. The van der Waals surface area contributed by atoms with Crippen LogP contribution in [0.25, 0.3) is 0 Å². The van der Waals surface area contributed by atoms with E-state index >= 15 is 0 Å². The van der Waals surface area contributed by atoms with Crippen LogP contribution < -0.4 is 5.73 Å². The lowest BCUT2D eigenvalue weighted by Crippen LogP contribution is -2.56. The number of primary amides is 1. The number of ether oxygens (including phenoxy) is 1. The highest BCUT2D eigenvalue weighted by Crippen LogP contribution is 2.13. The zero-order chi connectivity index (χ0) is 9.84. The van der Waals surface area contributed by atoms with Crippen molar-refractivity contribution in [3.8, 4) is 0 Å². The van der Waals surface area contributed by atoms with E-state index in [1.807, 2.05) is 6.92 Å². The minimum atomic E-state index is -0.277. The van der Waals surface area contributed by atoms with Crippen LogP contribution in [-0.2, 0) is 9.53 Å². The molecule has 4 nitrogen and oxygen atoms in total. The molecule has 13 heavy (non-hydrogen) atoms. The molecule has 0 aromatic carbocycles. The van der Waals surface area contributed by atoms with Crippen molar-refractivity contribution < 1.29 is 9.53 Å². The number of nitrogens with zero attached hydrogens (tertiary/aromatic N) is 1. The number of hydrogen-bond acceptors (Lipinski definition) is 3. The van der Waals surface area contributed by atoms with E-state index in [0.29, 0.717) is 6.61 Å². The number of carbonyl (C=O) groups is 1. The molecule has 0 saturated carbocycles. The third-order valence-electron chi connectivity index (χ3n) is 2.40. The summed E-state index contributed by atoms with van der Waals surface area (Å²) in [6, 6.07) is -0.242. The van der Waals surface area contributed by atoms with Gasteiger partial charge in [-0.15, -0.1) is 0 Å². The van der Waals surface area contributed by atoms with Gasteiger partial charge in [-0.3, -0.25) is 9.69 Å². The molecule has 1 aliphatic heterocycles. The number of hydrogen-bond donors (Lipinski definition) is 1. The Morgan fingerprint density at radius 3 is 2.92 bits per heavy atom. The molecule has 2 atom stereocenters. The lowest BCUT2D eigenvalue weighted by molar-refractivity contribution is -0.135. The minimum absolute atomic E-state index is 0.0715. The monoisotopic (exact) mass is 186 g/mol. The molecule has 4 heteroatoms. The Labute approximate surface area is 79.0 Å². The molecule has 0 bridgehead atoms. The third-order valence-corrected chi connectivity index (χ3v) is 2.40. The van der Waals surface area contributed by atoms with E-state index in [0.717, 1.165) is 19.5 Å². The summed E-state index contributed by atoms with van der Waals surface area (Å²) in [6.45, 7) is 6.42. The van der Waals surface area contributed by atoms with Gasteiger partial charge in [0.15, 0.2) is 0 Å². The Kier molecular flexibility index (Phi) is 3.69. The minimum Gasteiger partial charge on any atom is -0.375 e. The van der Waals surface area contributed by atoms with Gasteiger partial charge in [-0.05, 0) is 19.9 Å². The summed E-state index contributed by atoms with van der Waals surface area (Å²) < 4.78 is 5.39. The second kappa shape index (κ2) is 4.58. The topological polar surface area (TPSA) is 55.6 Å². The first-order chi connectivity index (χ1) is 6.16. The molecule has 76 valence electrons. The smallest absolute Gasteiger partial charge is 0.237 e. The predicted molar refractivity (Wildman–Crippen MR) is 50.3 cm³/mol. The fraction of sp³-hybridized carbons (Fsp3) is 0.889. The van der Waals surface area contributed by atoms with Crippen molar-refractivity contribution in [3.63, 3.8) is 0 Å². The molecule has 0 unspecified atom stereocenters. The van der Waals surface area contributed by atoms with E-state index in [1.54, 1.807) is 0 Å². The molecular formula is C9H18N2O2. The van der Waals surface area contributed by atoms with E-state index < -0.39 is 0 Å². The van der Waals surface area contributed by atoms with Gasteiger partial charge in [0.05, 0.1) is 12.7 Å². The maximum absolute atomic E-state index is 11.2. The predicted octanol–water partition coefficient (Wildman–Crippen LogP) is -0.0290. The summed E-state index contributed by atoms with van der Waals surface area (Å²) in [5, 5.41) is 0. The number of amides is 1. The largest absolute Gasteiger partial charge is 0.375 e. The van der Waals surface area contributed by atoms with Crippen molar-refractivity contribution in [1.29, 1.82) is 0 Å². The van der Waals surface area contributed by atoms with Gasteiger partial charge in [-0.1, -0.05) is 6.92 Å². The van der Waals surface area contributed by atoms with E-state index in [4.69, 9.17) is 10.5 Å². The molecule has 1 saturated heterocycles. The molecule has 0 spiro atoms. The van der Waals surface area contributed by atoms with Crippen molar-refractivity contribution >= 4 is 5.91 Å². The van der Waals surface area contributed by atoms with Crippen LogP contribution in [0.3, 0.4) is 0 Å². The van der Waals surface area contributed by atoms with Crippen molar-refractivity contribution in [2.45, 2.75) is 32.4 Å². The second-order valence-corrected chi connectivity index (χ2v) is 3.46. The summed E-state index contributed by atoms with van der Waals surface area (Å²) in [5.41, 5.74) is 5.32. The molecular weight excluding hydrogens is 168 g/mol. The van der Waals surface area contributed by atoms with Gasteiger partial charge in [0.1, 0.15) is 6.04 Å². The third kappa shape index (κ3) is 2.42. The van der Waals surface area contributed by atoms with Gasteiger partial charge in [0.25, 0.3) is 0 Å². The molecule has 0 aromatic rings. The fourth-order valence-electron chi connectivity index (χ4n) is 1.83. The van der Waals surface area contributed by atoms with E-state index in [2.05, 4.69) is 11.8 Å². The lowest BCUT2D eigenvalue weighted by atomic mass is 10.1. The van der Waals surface area contributed by atoms with Gasteiger partial charge in [-0.25, -0.2) is 0 Å². The molecule has 0 aliphatic carbocycles. The summed E-state index contributed by atoms with van der Waals surface area (Å²) >= 11 is 0. The van der Waals surface area contributed by atoms with Gasteiger partial charge < -0.3 is 10.5 Å². The second-order valence-electron chi connectivity index (χ2n) is 3.46. The Bertz CT molecular complexity index is 182. The van der Waals surface area contributed by atoms with Gasteiger partial charge in [0, 0.05) is 6.54 Å². The fourth-order valence-corrected chi connectivity index (χ4v) is 1.83. The van der Waals surface area contributed by atoms with Crippen LogP contribution in [-0.4, -0.2) is 42.6 Å². The quantitative estimate of drug-likeness (QED) is 0.673. The first kappa shape index (κ1) is 10.5. The lowest BCUT2D eigenvalue weighted by Gasteiger charge is -2.37. The van der Waals surface area contributed by atoms with Crippen LogP contribution in [0, 0.1) is 0 Å². The van der Waals surface area contributed by atoms with Gasteiger partial charge in [-0.2, -0.15) is 0 Å². The Morgan fingerprint density at radius 2 is 2.38 bits per heavy atom. The summed E-state index contributed by atoms with van der Waals surface area (Å²) in [4.78, 5) is 13.3. The average molecular weight is 186 g/mol. The molecule has 0 aromatic heterocycles. The SMILES string of the molecule is CCCN1CCO[C@H](C)[C@H]1C(N)=O. The molecule has 1 heterocycles. The van der Waals surface area contributed by atoms with Crippen molar-refractivity contribution in [2.24, 2.45) is 5.73 Å². The molecule has 0 radical (unpaired) electrons. The normalized spacial score (nSPS) is 30.3. The standard InChI is InChI=1S/C9H18N2O2/c1-3-4-11-5-6-13-7(2)8(11)9(10)12/h7-8H,3-6H2,1-2H3,(H2,10,12)/t7-,8+/m1/s1. The summed E-state index contributed by atoms with van der Waals surface area (Å²) in [5.74, 6) is -0.277. The molecule has 1 rings (SSSR count). The van der Waals surface area contributed by atoms with Crippen molar-refractivity contribution in [1.82, 2.24) is 4.90 Å². The van der Waals surface area contributed by atoms with Crippen LogP contribution in [0.5, 0.6) is 0 Å². The molecule has 1 amide bonds. The Hall–Kier alpha value is -0.610. The van der Waals surface area contributed by atoms with Crippen LogP contribution in [0.4, 0.5) is 0 Å². The zero-order valence-corrected chi connectivity index (χ0v) is 8.32. The highest BCUT2D eigenvalue weighted by Gasteiger charge is 2.32. The number of rotatable bonds is 3. The van der Waals surface area contributed by atoms with E-state index in [9.17, 15) is 4.79 Å². The number of morpholine rings is 1. The summed E-state index contributed by atoms with van der Waals surface area (Å²) in [6.07, 6.45) is 0.967. The Morgan fingerprint density at radius 1 is 1.69 bits per heavy atom. The van der Waals surface area contributed by atoms with Crippen LogP contribution in [0.2, 0.25) is 0 Å².